The number of nitrogens with two attached hydrogens (primary N) is 3. The van der Waals surface area contributed by atoms with Crippen LogP contribution in [0.15, 0.2) is 92.8 Å². The molecule has 0 atom stereocenters. The third-order valence-electron chi connectivity index (χ3n) is 9.99. The number of imidazole rings is 1. The maximum absolute atomic E-state index is 12.7. The number of nitrogen functional groups attached to an aromatic ring is 2. The van der Waals surface area contributed by atoms with E-state index in [0.29, 0.717) is 74.6 Å². The summed E-state index contributed by atoms with van der Waals surface area (Å²) in [7, 11) is 0. The normalized spacial score (nSPS) is 12.1. The second kappa shape index (κ2) is 20.6. The molecule has 1 aliphatic rings. The van der Waals surface area contributed by atoms with E-state index in [4.69, 9.17) is 45.5 Å². The van der Waals surface area contributed by atoms with Gasteiger partial charge in [-0.05, 0) is 126 Å². The fraction of sp³-hybridized carbons (Fsp3) is 0.200. The summed E-state index contributed by atoms with van der Waals surface area (Å²) < 4.78 is 1.16. The molecule has 0 bridgehead atoms. The van der Waals surface area contributed by atoms with Crippen LogP contribution in [0.2, 0.25) is 10.0 Å². The largest absolute Gasteiger partial charge is 0.476 e. The van der Waals surface area contributed by atoms with Crippen LogP contribution in [-0.2, 0) is 30.7 Å². The number of carbonyl (C=O) groups excluding carboxylic acids is 1. The van der Waals surface area contributed by atoms with Gasteiger partial charge in [-0.2, -0.15) is 0 Å². The Bertz CT molecular complexity index is 2910. The molecule has 0 saturated carbocycles. The van der Waals surface area contributed by atoms with Gasteiger partial charge in [0, 0.05) is 77.1 Å². The number of nitrogens with one attached hydrogen (secondary N) is 2. The standard InChI is InChI=1S/C22H20BrClN6O.C15H10BrClN2O2.C8H13N3/c1-11-5-18(25)28-12(2)16(11)10-27-22(31)20-21(23)30-19(29-20)7-13-3-4-17-14(6-13)8-15(24)9-26-17;16-12-6-11(19-14(12)15(20)21)4-8-1-2-13-9(3-8)5-10(17)7-18-13;1-5-3-8(10)11-6(2)7(5)4-9/h3-6,8-9H,7,10H2,1-2H3,(H2,25,28)(H,27,31)(H,29,30);1-3,5,7H,4,6H2,(H,20,21);3H,4,9H2,1-2H3,(H2,10,11). The molecule has 18 heteroatoms. The summed E-state index contributed by atoms with van der Waals surface area (Å²) in [5.41, 5.74) is 27.8. The molecule has 0 radical (unpaired) electrons. The number of rotatable bonds is 9. The second-order valence-corrected chi connectivity index (χ2v) is 17.3. The Kier molecular flexibility index (Phi) is 15.3. The van der Waals surface area contributed by atoms with E-state index in [1.165, 1.54) is 0 Å². The van der Waals surface area contributed by atoms with Gasteiger partial charge in [-0.25, -0.2) is 24.7 Å². The molecule has 1 amide bonds. The van der Waals surface area contributed by atoms with Crippen LogP contribution < -0.4 is 22.5 Å². The lowest BCUT2D eigenvalue weighted by molar-refractivity contribution is -0.132. The van der Waals surface area contributed by atoms with Gasteiger partial charge in [0.1, 0.15) is 22.1 Å². The van der Waals surface area contributed by atoms with Crippen molar-refractivity contribution in [1.82, 2.24) is 35.2 Å². The van der Waals surface area contributed by atoms with E-state index >= 15 is 0 Å². The SMILES string of the molecule is Cc1cc(N)nc(C)c1CN.Cc1cc(N)nc(C)c1CNC(=O)c1nc(Cc2ccc3ncc(Cl)cc3c2)[nH]c1Br.O=C(O)C1=C(Br)CC(Cc2ccc3ncc(Cl)cc3c2)=N1. The second-order valence-electron chi connectivity index (χ2n) is 14.7. The number of aliphatic carboxylic acids is 1. The van der Waals surface area contributed by atoms with E-state index in [-0.39, 0.29) is 11.6 Å². The van der Waals surface area contributed by atoms with Gasteiger partial charge < -0.3 is 32.6 Å². The highest BCUT2D eigenvalue weighted by molar-refractivity contribution is 9.11. The summed E-state index contributed by atoms with van der Waals surface area (Å²) in [6.07, 6.45) is 4.92. The number of carboxylic acids is 1. The van der Waals surface area contributed by atoms with Gasteiger partial charge in [0.2, 0.25) is 0 Å². The highest BCUT2D eigenvalue weighted by Gasteiger charge is 2.21. The van der Waals surface area contributed by atoms with E-state index in [0.717, 1.165) is 72.3 Å². The molecule has 7 aromatic rings. The first kappa shape index (κ1) is 46.7. The van der Waals surface area contributed by atoms with Gasteiger partial charge in [-0.3, -0.25) is 14.8 Å². The Morgan fingerprint density at radius 2 is 1.32 bits per heavy atom. The van der Waals surface area contributed by atoms with Gasteiger partial charge in [-0.1, -0.05) is 51.3 Å². The lowest BCUT2D eigenvalue weighted by Gasteiger charge is -2.11. The van der Waals surface area contributed by atoms with Crippen molar-refractivity contribution in [3.8, 4) is 0 Å². The molecule has 6 heterocycles. The highest BCUT2D eigenvalue weighted by Crippen LogP contribution is 2.28. The van der Waals surface area contributed by atoms with Crippen LogP contribution in [0, 0.1) is 27.7 Å². The number of amides is 1. The van der Waals surface area contributed by atoms with Crippen molar-refractivity contribution >= 4 is 106 Å². The van der Waals surface area contributed by atoms with E-state index in [2.05, 4.69) is 72.1 Å². The zero-order valence-electron chi connectivity index (χ0n) is 34.7. The first-order valence-electron chi connectivity index (χ1n) is 19.4. The van der Waals surface area contributed by atoms with Crippen LogP contribution >= 0.6 is 55.1 Å². The monoisotopic (exact) mass is 1010 g/mol. The third-order valence-corrected chi connectivity index (χ3v) is 11.6. The van der Waals surface area contributed by atoms with Gasteiger partial charge in [0.15, 0.2) is 11.4 Å². The van der Waals surface area contributed by atoms with Crippen molar-refractivity contribution in [2.24, 2.45) is 10.7 Å². The molecule has 0 aliphatic carbocycles. The van der Waals surface area contributed by atoms with Crippen LogP contribution in [0.3, 0.4) is 0 Å². The van der Waals surface area contributed by atoms with Crippen LogP contribution in [0.1, 0.15) is 67.5 Å². The summed E-state index contributed by atoms with van der Waals surface area (Å²) in [5.74, 6) is 0.424. The smallest absolute Gasteiger partial charge is 0.355 e. The lowest BCUT2D eigenvalue weighted by Crippen LogP contribution is -2.24. The molecular formula is C45H43Br2Cl2N11O3. The molecule has 63 heavy (non-hydrogen) atoms. The molecular weight excluding hydrogens is 973 g/mol. The Labute approximate surface area is 390 Å². The number of aromatic nitrogens is 6. The minimum absolute atomic E-state index is 0.0931. The minimum atomic E-state index is -1.01. The zero-order valence-corrected chi connectivity index (χ0v) is 39.3. The quantitative estimate of drug-likeness (QED) is 0.0797. The molecule has 14 nitrogen and oxygen atoms in total. The Morgan fingerprint density at radius 3 is 1.83 bits per heavy atom. The fourth-order valence-corrected chi connectivity index (χ4v) is 8.39. The number of fused-ring (bicyclic) bond motifs is 2. The van der Waals surface area contributed by atoms with Crippen LogP contribution in [0.25, 0.3) is 21.8 Å². The van der Waals surface area contributed by atoms with Gasteiger partial charge in [0.25, 0.3) is 5.91 Å². The predicted octanol–water partition coefficient (Wildman–Crippen LogP) is 9.19. The van der Waals surface area contributed by atoms with Crippen LogP contribution in [0.5, 0.6) is 0 Å². The molecule has 0 fully saturated rings. The molecule has 0 unspecified atom stereocenters. The number of H-pyrrole nitrogens is 1. The van der Waals surface area contributed by atoms with Crippen LogP contribution in [0.4, 0.5) is 11.6 Å². The van der Waals surface area contributed by atoms with Crippen molar-refractivity contribution in [2.75, 3.05) is 11.5 Å². The Morgan fingerprint density at radius 1 is 0.778 bits per heavy atom. The summed E-state index contributed by atoms with van der Waals surface area (Å²) in [5, 5.41) is 15.0. The number of benzene rings is 2. The van der Waals surface area contributed by atoms with Gasteiger partial charge in [-0.15, -0.1) is 0 Å². The molecule has 0 saturated heterocycles. The molecule has 1 aliphatic heterocycles. The van der Waals surface area contributed by atoms with Crippen LogP contribution in [-0.4, -0.2) is 52.6 Å². The fourth-order valence-electron chi connectivity index (χ4n) is 6.98. The first-order valence-corrected chi connectivity index (χ1v) is 21.8. The Hall–Kier alpha value is -5.78. The number of aryl methyl sites for hydroxylation is 4. The molecule has 324 valence electrons. The number of anilines is 2. The number of hydrogen-bond acceptors (Lipinski definition) is 11. The number of halogens is 4. The maximum Gasteiger partial charge on any atom is 0.355 e. The zero-order chi connectivity index (χ0) is 45.5. The number of carbonyl (C=O) groups is 2. The summed E-state index contributed by atoms with van der Waals surface area (Å²) in [6, 6.07) is 19.2. The first-order chi connectivity index (χ1) is 30.0. The van der Waals surface area contributed by atoms with E-state index < -0.39 is 5.97 Å². The number of nitrogens with zero attached hydrogens (tertiary/aromatic N) is 6. The van der Waals surface area contributed by atoms with Gasteiger partial charge >= 0.3 is 5.97 Å². The summed E-state index contributed by atoms with van der Waals surface area (Å²) in [4.78, 5) is 52.4. The average Bonchev–Trinajstić information content (AvgIpc) is 3.77. The average molecular weight is 1020 g/mol. The molecule has 8 rings (SSSR count). The number of allylic oxidation sites excluding steroid dienone is 1. The van der Waals surface area contributed by atoms with Crippen molar-refractivity contribution in [2.45, 2.75) is 60.0 Å². The molecule has 2 aromatic carbocycles. The van der Waals surface area contributed by atoms with Crippen molar-refractivity contribution in [1.29, 1.82) is 0 Å². The molecule has 9 N–H and O–H groups in total. The van der Waals surface area contributed by atoms with E-state index in [9.17, 15) is 9.59 Å². The van der Waals surface area contributed by atoms with Crippen molar-refractivity contribution < 1.29 is 14.7 Å². The minimum Gasteiger partial charge on any atom is -0.476 e. The number of hydrogen-bond donors (Lipinski definition) is 6. The number of aliphatic imine (C=N–C) groups is 1. The highest BCUT2D eigenvalue weighted by atomic mass is 79.9. The van der Waals surface area contributed by atoms with Gasteiger partial charge in [0.05, 0.1) is 21.1 Å². The predicted molar refractivity (Wildman–Crippen MR) is 257 cm³/mol. The van der Waals surface area contributed by atoms with Crippen molar-refractivity contribution in [3.05, 3.63) is 154 Å². The number of aromatic amines is 1. The maximum atomic E-state index is 12.7. The number of pyridine rings is 4. The molecule has 5 aromatic heterocycles. The lowest BCUT2D eigenvalue weighted by atomic mass is 10.0. The number of carboxylic acid groups (broad SMARTS) is 1. The third kappa shape index (κ3) is 12.0. The summed E-state index contributed by atoms with van der Waals surface area (Å²) in [6.45, 7) is 8.61. The van der Waals surface area contributed by atoms with Crippen molar-refractivity contribution in [3.63, 3.8) is 0 Å². The topological polar surface area (TPSA) is 237 Å². The summed E-state index contributed by atoms with van der Waals surface area (Å²) >= 11 is 18.7. The van der Waals surface area contributed by atoms with E-state index in [1.54, 1.807) is 18.5 Å². The Balaban J connectivity index is 0.000000177. The van der Waals surface area contributed by atoms with E-state index in [1.807, 2.05) is 82.3 Å². The molecule has 0 spiro atoms.